The molecule has 0 fully saturated rings. The summed E-state index contributed by atoms with van der Waals surface area (Å²) in [6.07, 6.45) is 0.906. The van der Waals surface area contributed by atoms with Gasteiger partial charge in [-0.05, 0) is 18.6 Å². The molecule has 2 aromatic heterocycles. The Labute approximate surface area is 109 Å². The van der Waals surface area contributed by atoms with Crippen molar-refractivity contribution in [1.82, 2.24) is 4.98 Å². The average molecular weight is 258 g/mol. The first-order chi connectivity index (χ1) is 8.81. The lowest BCUT2D eigenvalue weighted by Gasteiger charge is -1.91. The van der Waals surface area contributed by atoms with Gasteiger partial charge in [0, 0.05) is 16.8 Å². The van der Waals surface area contributed by atoms with Crippen molar-refractivity contribution in [3.63, 3.8) is 0 Å². The predicted molar refractivity (Wildman–Crippen MR) is 74.6 cm³/mol. The maximum atomic E-state index is 5.82. The van der Waals surface area contributed by atoms with Gasteiger partial charge in [0.05, 0.1) is 5.69 Å². The van der Waals surface area contributed by atoms with Gasteiger partial charge in [0.2, 0.25) is 0 Å². The van der Waals surface area contributed by atoms with Crippen molar-refractivity contribution in [2.24, 2.45) is 5.73 Å². The van der Waals surface area contributed by atoms with Crippen molar-refractivity contribution < 1.29 is 4.42 Å². The van der Waals surface area contributed by atoms with Crippen LogP contribution in [-0.4, -0.2) is 4.98 Å². The van der Waals surface area contributed by atoms with Crippen LogP contribution in [-0.2, 0) is 13.0 Å². The fraction of sp³-hybridized carbons (Fsp3) is 0.214. The fourth-order valence-electron chi connectivity index (χ4n) is 2.01. The molecule has 0 unspecified atom stereocenters. The summed E-state index contributed by atoms with van der Waals surface area (Å²) in [7, 11) is 0. The van der Waals surface area contributed by atoms with Gasteiger partial charge in [-0.1, -0.05) is 25.1 Å². The van der Waals surface area contributed by atoms with E-state index in [0.717, 1.165) is 38.7 Å². The Morgan fingerprint density at radius 3 is 2.83 bits per heavy atom. The molecule has 0 aliphatic heterocycles. The van der Waals surface area contributed by atoms with Crippen LogP contribution >= 0.6 is 11.3 Å². The summed E-state index contributed by atoms with van der Waals surface area (Å²) >= 11 is 1.62. The van der Waals surface area contributed by atoms with Crippen molar-refractivity contribution in [1.29, 1.82) is 0 Å². The number of nitrogens with zero attached hydrogens (tertiary/aromatic N) is 1. The second-order valence-corrected chi connectivity index (χ2v) is 5.18. The van der Waals surface area contributed by atoms with Gasteiger partial charge in [0.25, 0.3) is 0 Å². The molecule has 0 spiro atoms. The number of rotatable bonds is 3. The smallest absolute Gasteiger partial charge is 0.164 e. The summed E-state index contributed by atoms with van der Waals surface area (Å²) < 4.78 is 5.82. The van der Waals surface area contributed by atoms with Crippen LogP contribution in [0.25, 0.3) is 21.7 Å². The van der Waals surface area contributed by atoms with Crippen LogP contribution in [0.3, 0.4) is 0 Å². The first-order valence-corrected chi connectivity index (χ1v) is 6.81. The summed E-state index contributed by atoms with van der Waals surface area (Å²) in [5.74, 6) is 0.829. The molecule has 2 heterocycles. The van der Waals surface area contributed by atoms with Gasteiger partial charge in [-0.2, -0.15) is 0 Å². The van der Waals surface area contributed by atoms with Crippen molar-refractivity contribution in [3.05, 3.63) is 40.9 Å². The number of aryl methyl sites for hydroxylation is 1. The lowest BCUT2D eigenvalue weighted by atomic mass is 10.2. The third-order valence-corrected chi connectivity index (χ3v) is 4.07. The van der Waals surface area contributed by atoms with Crippen molar-refractivity contribution in [2.45, 2.75) is 19.9 Å². The van der Waals surface area contributed by atoms with Gasteiger partial charge in [0.15, 0.2) is 10.8 Å². The molecule has 4 heteroatoms. The second-order valence-electron chi connectivity index (χ2n) is 4.10. The molecule has 18 heavy (non-hydrogen) atoms. The molecule has 0 aliphatic carbocycles. The Morgan fingerprint density at radius 1 is 1.33 bits per heavy atom. The van der Waals surface area contributed by atoms with E-state index >= 15 is 0 Å². The maximum Gasteiger partial charge on any atom is 0.164 e. The Morgan fingerprint density at radius 2 is 2.17 bits per heavy atom. The van der Waals surface area contributed by atoms with Crippen LogP contribution in [0.2, 0.25) is 0 Å². The monoisotopic (exact) mass is 258 g/mol. The molecular weight excluding hydrogens is 244 g/mol. The van der Waals surface area contributed by atoms with Gasteiger partial charge < -0.3 is 10.2 Å². The highest BCUT2D eigenvalue weighted by Crippen LogP contribution is 2.32. The van der Waals surface area contributed by atoms with Crippen LogP contribution < -0.4 is 5.73 Å². The number of hydrogen-bond donors (Lipinski definition) is 1. The number of fused-ring (bicyclic) bond motifs is 1. The largest absolute Gasteiger partial charge is 0.454 e. The number of para-hydroxylation sites is 1. The molecule has 0 bridgehead atoms. The molecule has 0 amide bonds. The summed E-state index contributed by atoms with van der Waals surface area (Å²) in [5.41, 5.74) is 7.71. The van der Waals surface area contributed by atoms with E-state index in [1.54, 1.807) is 11.3 Å². The highest BCUT2D eigenvalue weighted by Gasteiger charge is 2.13. The minimum atomic E-state index is 0.543. The average Bonchev–Trinajstić information content (AvgIpc) is 3.01. The number of hydrogen-bond acceptors (Lipinski definition) is 4. The standard InChI is InChI=1S/C14H14N2OS/c1-2-10-13(8-15)18-14(16-10)12-7-9-5-3-4-6-11(9)17-12/h3-7H,2,8,15H2,1H3. The summed E-state index contributed by atoms with van der Waals surface area (Å²) in [6, 6.07) is 10.0. The molecule has 0 aliphatic rings. The highest BCUT2D eigenvalue weighted by atomic mass is 32.1. The van der Waals surface area contributed by atoms with E-state index in [0.29, 0.717) is 6.54 Å². The van der Waals surface area contributed by atoms with Crippen LogP contribution in [0.1, 0.15) is 17.5 Å². The highest BCUT2D eigenvalue weighted by molar-refractivity contribution is 7.15. The zero-order valence-electron chi connectivity index (χ0n) is 10.1. The maximum absolute atomic E-state index is 5.82. The zero-order valence-corrected chi connectivity index (χ0v) is 11.0. The molecule has 1 aromatic carbocycles. The quantitative estimate of drug-likeness (QED) is 0.781. The van der Waals surface area contributed by atoms with E-state index in [1.807, 2.05) is 30.3 Å². The molecular formula is C14H14N2OS. The van der Waals surface area contributed by atoms with Crippen LogP contribution in [0.5, 0.6) is 0 Å². The van der Waals surface area contributed by atoms with Crippen molar-refractivity contribution >= 4 is 22.3 Å². The Balaban J connectivity index is 2.10. The molecule has 3 nitrogen and oxygen atoms in total. The van der Waals surface area contributed by atoms with Gasteiger partial charge in [0.1, 0.15) is 5.58 Å². The molecule has 3 aromatic rings. The Bertz CT molecular complexity index is 629. The van der Waals surface area contributed by atoms with Crippen molar-refractivity contribution in [2.75, 3.05) is 0 Å². The molecule has 0 atom stereocenters. The normalized spacial score (nSPS) is 11.2. The number of nitrogens with two attached hydrogens (primary N) is 1. The first-order valence-electron chi connectivity index (χ1n) is 5.99. The summed E-state index contributed by atoms with van der Waals surface area (Å²) in [4.78, 5) is 5.76. The van der Waals surface area contributed by atoms with Crippen LogP contribution in [0.15, 0.2) is 34.7 Å². The fourth-order valence-corrected chi connectivity index (χ4v) is 2.99. The minimum absolute atomic E-state index is 0.543. The van der Waals surface area contributed by atoms with Gasteiger partial charge in [-0.3, -0.25) is 0 Å². The van der Waals surface area contributed by atoms with Crippen molar-refractivity contribution in [3.8, 4) is 10.8 Å². The molecule has 3 rings (SSSR count). The zero-order chi connectivity index (χ0) is 12.5. The van der Waals surface area contributed by atoms with E-state index in [-0.39, 0.29) is 0 Å². The molecule has 0 saturated heterocycles. The van der Waals surface area contributed by atoms with E-state index in [1.165, 1.54) is 0 Å². The van der Waals surface area contributed by atoms with E-state index in [4.69, 9.17) is 10.2 Å². The lowest BCUT2D eigenvalue weighted by Crippen LogP contribution is -1.96. The molecule has 0 radical (unpaired) electrons. The summed E-state index contributed by atoms with van der Waals surface area (Å²) in [6.45, 7) is 2.64. The SMILES string of the molecule is CCc1nc(-c2cc3ccccc3o2)sc1CN. The number of thiazole rings is 1. The van der Waals surface area contributed by atoms with Gasteiger partial charge >= 0.3 is 0 Å². The number of benzene rings is 1. The Kier molecular flexibility index (Phi) is 2.89. The number of furan rings is 1. The third kappa shape index (κ3) is 1.83. The van der Waals surface area contributed by atoms with E-state index in [2.05, 4.69) is 11.9 Å². The molecule has 2 N–H and O–H groups in total. The van der Waals surface area contributed by atoms with Crippen LogP contribution in [0, 0.1) is 0 Å². The third-order valence-electron chi connectivity index (χ3n) is 2.93. The molecule has 92 valence electrons. The topological polar surface area (TPSA) is 52.0 Å². The Hall–Kier alpha value is -1.65. The van der Waals surface area contributed by atoms with E-state index in [9.17, 15) is 0 Å². The van der Waals surface area contributed by atoms with Gasteiger partial charge in [-0.25, -0.2) is 4.98 Å². The first kappa shape index (κ1) is 11.4. The molecule has 0 saturated carbocycles. The summed E-state index contributed by atoms with van der Waals surface area (Å²) in [5, 5.41) is 2.03. The lowest BCUT2D eigenvalue weighted by molar-refractivity contribution is 0.630. The second kappa shape index (κ2) is 4.55. The van der Waals surface area contributed by atoms with Crippen LogP contribution in [0.4, 0.5) is 0 Å². The van der Waals surface area contributed by atoms with E-state index < -0.39 is 0 Å². The number of aromatic nitrogens is 1. The predicted octanol–water partition coefficient (Wildman–Crippen LogP) is 3.58. The minimum Gasteiger partial charge on any atom is -0.454 e. The van der Waals surface area contributed by atoms with Gasteiger partial charge in [-0.15, -0.1) is 11.3 Å².